The summed E-state index contributed by atoms with van der Waals surface area (Å²) in [6, 6.07) is 13.0. The molecule has 0 atom stereocenters. The Hall–Kier alpha value is -2.25. The van der Waals surface area contributed by atoms with Gasteiger partial charge in [-0.05, 0) is 48.5 Å². The number of benzene rings is 2. The molecule has 0 aliphatic carbocycles. The maximum absolute atomic E-state index is 12.7. The number of para-hydroxylation sites is 1. The van der Waals surface area contributed by atoms with Crippen LogP contribution < -0.4 is 9.47 Å². The first kappa shape index (κ1) is 19.5. The van der Waals surface area contributed by atoms with Gasteiger partial charge in [0.25, 0.3) is 11.1 Å². The van der Waals surface area contributed by atoms with Crippen molar-refractivity contribution in [2.75, 3.05) is 13.7 Å². The molecule has 2 aromatic carbocycles. The SMILES string of the molecule is CCOc1c(/C=C2\SC(=O)N(Cc3ccc(Br)cc3)C2=O)cccc1OC. The van der Waals surface area contributed by atoms with Crippen LogP contribution in [0.1, 0.15) is 18.1 Å². The van der Waals surface area contributed by atoms with Crippen molar-refractivity contribution in [3.63, 3.8) is 0 Å². The molecule has 0 bridgehead atoms. The van der Waals surface area contributed by atoms with Crippen LogP contribution in [0.2, 0.25) is 0 Å². The number of carbonyl (C=O) groups excluding carboxylic acids is 2. The molecule has 0 aromatic heterocycles. The van der Waals surface area contributed by atoms with Crippen LogP contribution in [0.25, 0.3) is 6.08 Å². The number of carbonyl (C=O) groups is 2. The topological polar surface area (TPSA) is 55.8 Å². The van der Waals surface area contributed by atoms with Gasteiger partial charge in [-0.2, -0.15) is 0 Å². The van der Waals surface area contributed by atoms with Gasteiger partial charge in [-0.25, -0.2) is 0 Å². The lowest BCUT2D eigenvalue weighted by atomic mass is 10.1. The highest BCUT2D eigenvalue weighted by atomic mass is 79.9. The maximum Gasteiger partial charge on any atom is 0.293 e. The number of nitrogens with zero attached hydrogens (tertiary/aromatic N) is 1. The van der Waals surface area contributed by atoms with Crippen molar-refractivity contribution in [2.45, 2.75) is 13.5 Å². The fourth-order valence-electron chi connectivity index (χ4n) is 2.66. The van der Waals surface area contributed by atoms with E-state index in [9.17, 15) is 9.59 Å². The number of methoxy groups -OCH3 is 1. The number of halogens is 1. The third-order valence-electron chi connectivity index (χ3n) is 3.93. The fourth-order valence-corrected chi connectivity index (χ4v) is 3.75. The van der Waals surface area contributed by atoms with Crippen molar-refractivity contribution in [2.24, 2.45) is 0 Å². The minimum Gasteiger partial charge on any atom is -0.493 e. The third kappa shape index (κ3) is 4.36. The number of amides is 2. The summed E-state index contributed by atoms with van der Waals surface area (Å²) in [5, 5.41) is -0.282. The summed E-state index contributed by atoms with van der Waals surface area (Å²) in [4.78, 5) is 26.7. The third-order valence-corrected chi connectivity index (χ3v) is 5.37. The second-order valence-electron chi connectivity index (χ2n) is 5.71. The zero-order valence-corrected chi connectivity index (χ0v) is 17.3. The van der Waals surface area contributed by atoms with Gasteiger partial charge < -0.3 is 9.47 Å². The Morgan fingerprint density at radius 1 is 1.15 bits per heavy atom. The highest BCUT2D eigenvalue weighted by Gasteiger charge is 2.35. The van der Waals surface area contributed by atoms with Gasteiger partial charge in [-0.15, -0.1) is 0 Å². The number of hydrogen-bond acceptors (Lipinski definition) is 5. The molecule has 7 heteroatoms. The smallest absolute Gasteiger partial charge is 0.293 e. The molecule has 3 rings (SSSR count). The molecule has 0 radical (unpaired) electrons. The van der Waals surface area contributed by atoms with Gasteiger partial charge in [0.05, 0.1) is 25.2 Å². The Labute approximate surface area is 170 Å². The van der Waals surface area contributed by atoms with E-state index in [1.165, 1.54) is 4.90 Å². The van der Waals surface area contributed by atoms with E-state index in [0.29, 0.717) is 28.6 Å². The first-order chi connectivity index (χ1) is 13.0. The molecule has 1 fully saturated rings. The van der Waals surface area contributed by atoms with Crippen LogP contribution in [0.4, 0.5) is 4.79 Å². The van der Waals surface area contributed by atoms with Crippen LogP contribution in [0.3, 0.4) is 0 Å². The van der Waals surface area contributed by atoms with Gasteiger partial charge in [0, 0.05) is 10.0 Å². The molecule has 2 amide bonds. The molecule has 1 aliphatic rings. The first-order valence-corrected chi connectivity index (χ1v) is 9.94. The standard InChI is InChI=1S/C20H18BrNO4S/c1-3-26-18-14(5-4-6-16(18)25-2)11-17-19(23)22(20(24)27-17)12-13-7-9-15(21)10-8-13/h4-11H,3,12H2,1-2H3/b17-11-. The first-order valence-electron chi connectivity index (χ1n) is 8.33. The minimum absolute atomic E-state index is 0.242. The van der Waals surface area contributed by atoms with Crippen molar-refractivity contribution in [1.29, 1.82) is 0 Å². The molecule has 0 saturated carbocycles. The highest BCUT2D eigenvalue weighted by Crippen LogP contribution is 2.37. The molecule has 140 valence electrons. The summed E-state index contributed by atoms with van der Waals surface area (Å²) in [6.45, 7) is 2.58. The number of thioether (sulfide) groups is 1. The van der Waals surface area contributed by atoms with Crippen LogP contribution in [0.5, 0.6) is 11.5 Å². The van der Waals surface area contributed by atoms with Gasteiger partial charge in [0.15, 0.2) is 11.5 Å². The van der Waals surface area contributed by atoms with Crippen LogP contribution in [0, 0.1) is 0 Å². The lowest BCUT2D eigenvalue weighted by Crippen LogP contribution is -2.27. The van der Waals surface area contributed by atoms with Crippen molar-refractivity contribution in [3.8, 4) is 11.5 Å². The Kier molecular flexibility index (Phi) is 6.23. The van der Waals surface area contributed by atoms with E-state index in [-0.39, 0.29) is 17.7 Å². The molecule has 2 aromatic rings. The molecule has 1 saturated heterocycles. The highest BCUT2D eigenvalue weighted by molar-refractivity contribution is 9.10. The molecular formula is C20H18BrNO4S. The Balaban J connectivity index is 1.87. The average Bonchev–Trinajstić information content (AvgIpc) is 2.92. The Bertz CT molecular complexity index is 895. The monoisotopic (exact) mass is 447 g/mol. The van der Waals surface area contributed by atoms with Crippen LogP contribution in [-0.2, 0) is 11.3 Å². The Morgan fingerprint density at radius 3 is 2.56 bits per heavy atom. The average molecular weight is 448 g/mol. The van der Waals surface area contributed by atoms with Crippen LogP contribution in [0.15, 0.2) is 51.8 Å². The molecular weight excluding hydrogens is 430 g/mol. The normalized spacial score (nSPS) is 15.5. The second-order valence-corrected chi connectivity index (χ2v) is 7.61. The van der Waals surface area contributed by atoms with Gasteiger partial charge in [0.1, 0.15) is 0 Å². The number of imide groups is 1. The quantitative estimate of drug-likeness (QED) is 0.576. The van der Waals surface area contributed by atoms with E-state index in [1.807, 2.05) is 43.3 Å². The molecule has 5 nitrogen and oxygen atoms in total. The second kappa shape index (κ2) is 8.63. The molecule has 27 heavy (non-hydrogen) atoms. The summed E-state index contributed by atoms with van der Waals surface area (Å²) in [6.07, 6.45) is 1.68. The van der Waals surface area contributed by atoms with E-state index in [2.05, 4.69) is 15.9 Å². The van der Waals surface area contributed by atoms with E-state index >= 15 is 0 Å². The number of rotatable bonds is 6. The molecule has 1 heterocycles. The predicted octanol–water partition coefficient (Wildman–Crippen LogP) is 5.09. The van der Waals surface area contributed by atoms with Crippen molar-refractivity contribution in [1.82, 2.24) is 4.90 Å². The molecule has 0 unspecified atom stereocenters. The van der Waals surface area contributed by atoms with Gasteiger partial charge in [0.2, 0.25) is 0 Å². The summed E-state index contributed by atoms with van der Waals surface area (Å²) in [5.74, 6) is 0.833. The van der Waals surface area contributed by atoms with E-state index < -0.39 is 0 Å². The minimum atomic E-state index is -0.307. The van der Waals surface area contributed by atoms with Gasteiger partial charge in [-0.3, -0.25) is 14.5 Å². The van der Waals surface area contributed by atoms with Gasteiger partial charge >= 0.3 is 0 Å². The van der Waals surface area contributed by atoms with Crippen molar-refractivity contribution < 1.29 is 19.1 Å². The van der Waals surface area contributed by atoms with E-state index in [4.69, 9.17) is 9.47 Å². The lowest BCUT2D eigenvalue weighted by molar-refractivity contribution is -0.123. The van der Waals surface area contributed by atoms with Crippen LogP contribution in [-0.4, -0.2) is 29.8 Å². The number of ether oxygens (including phenoxy) is 2. The largest absolute Gasteiger partial charge is 0.493 e. The zero-order valence-electron chi connectivity index (χ0n) is 14.9. The summed E-state index contributed by atoms with van der Waals surface area (Å²) in [7, 11) is 1.56. The van der Waals surface area contributed by atoms with Gasteiger partial charge in [-0.1, -0.05) is 40.2 Å². The predicted molar refractivity (Wildman–Crippen MR) is 110 cm³/mol. The van der Waals surface area contributed by atoms with Crippen molar-refractivity contribution in [3.05, 3.63) is 63.0 Å². The summed E-state index contributed by atoms with van der Waals surface area (Å²) < 4.78 is 12.0. The molecule has 1 aliphatic heterocycles. The van der Waals surface area contributed by atoms with E-state index in [0.717, 1.165) is 21.8 Å². The van der Waals surface area contributed by atoms with Crippen LogP contribution >= 0.6 is 27.7 Å². The van der Waals surface area contributed by atoms with Crippen molar-refractivity contribution >= 4 is 44.9 Å². The fraction of sp³-hybridized carbons (Fsp3) is 0.200. The maximum atomic E-state index is 12.7. The number of hydrogen-bond donors (Lipinski definition) is 0. The van der Waals surface area contributed by atoms with E-state index in [1.54, 1.807) is 19.3 Å². The lowest BCUT2D eigenvalue weighted by Gasteiger charge is -2.13. The Morgan fingerprint density at radius 2 is 1.89 bits per heavy atom. The zero-order chi connectivity index (χ0) is 19.4. The summed E-state index contributed by atoms with van der Waals surface area (Å²) in [5.41, 5.74) is 1.59. The molecule has 0 N–H and O–H groups in total. The summed E-state index contributed by atoms with van der Waals surface area (Å²) >= 11 is 4.31. The molecule has 0 spiro atoms.